The van der Waals surface area contributed by atoms with Crippen molar-refractivity contribution in [3.63, 3.8) is 0 Å². The molecule has 35 heavy (non-hydrogen) atoms. The fraction of sp³-hybridized carbons (Fsp3) is 0.280. The van der Waals surface area contributed by atoms with Gasteiger partial charge in [0.05, 0.1) is 29.0 Å². The predicted octanol–water partition coefficient (Wildman–Crippen LogP) is 3.89. The third-order valence-electron chi connectivity index (χ3n) is 6.25. The SMILES string of the molecule is O=C(O)c1cc(C(=O)O)cc(-c2ccc(C3C(c4ccccn4)NC(=S)N3CC3CCCO3)o2)c1. The van der Waals surface area contributed by atoms with Gasteiger partial charge in [-0.1, -0.05) is 6.07 Å². The summed E-state index contributed by atoms with van der Waals surface area (Å²) in [5, 5.41) is 22.8. The van der Waals surface area contributed by atoms with E-state index in [4.69, 9.17) is 21.4 Å². The highest BCUT2D eigenvalue weighted by Gasteiger charge is 2.42. The first-order valence-electron chi connectivity index (χ1n) is 11.2. The number of aromatic carboxylic acids is 2. The molecule has 5 rings (SSSR count). The Morgan fingerprint density at radius 3 is 2.51 bits per heavy atom. The first kappa shape index (κ1) is 23.0. The van der Waals surface area contributed by atoms with E-state index in [1.54, 1.807) is 12.3 Å². The van der Waals surface area contributed by atoms with E-state index in [1.165, 1.54) is 12.1 Å². The van der Waals surface area contributed by atoms with Gasteiger partial charge < -0.3 is 29.6 Å². The van der Waals surface area contributed by atoms with Crippen LogP contribution in [0.5, 0.6) is 0 Å². The number of nitrogens with zero attached hydrogens (tertiary/aromatic N) is 2. The maximum Gasteiger partial charge on any atom is 0.335 e. The topological polar surface area (TPSA) is 125 Å². The second-order valence-corrected chi connectivity index (χ2v) is 8.91. The number of pyridine rings is 1. The zero-order valence-corrected chi connectivity index (χ0v) is 19.4. The molecule has 2 aromatic heterocycles. The Balaban J connectivity index is 1.53. The average molecular weight is 494 g/mol. The molecule has 4 heterocycles. The molecule has 2 fully saturated rings. The minimum absolute atomic E-state index is 0.0551. The third kappa shape index (κ3) is 4.62. The minimum Gasteiger partial charge on any atom is -0.478 e. The summed E-state index contributed by atoms with van der Waals surface area (Å²) in [4.78, 5) is 29.6. The van der Waals surface area contributed by atoms with Crippen LogP contribution in [0.25, 0.3) is 11.3 Å². The van der Waals surface area contributed by atoms with Crippen LogP contribution < -0.4 is 5.32 Å². The Morgan fingerprint density at radius 1 is 1.11 bits per heavy atom. The summed E-state index contributed by atoms with van der Waals surface area (Å²) in [5.41, 5.74) is 0.900. The molecule has 3 aromatic rings. The van der Waals surface area contributed by atoms with Crippen molar-refractivity contribution in [1.29, 1.82) is 0 Å². The lowest BCUT2D eigenvalue weighted by Gasteiger charge is -2.28. The Morgan fingerprint density at radius 2 is 1.89 bits per heavy atom. The molecule has 3 atom stereocenters. The zero-order valence-electron chi connectivity index (χ0n) is 18.6. The van der Waals surface area contributed by atoms with E-state index in [9.17, 15) is 19.8 Å². The molecule has 0 amide bonds. The van der Waals surface area contributed by atoms with E-state index in [-0.39, 0.29) is 29.3 Å². The number of hydrogen-bond acceptors (Lipinski definition) is 6. The Kier molecular flexibility index (Phi) is 6.23. The second-order valence-electron chi connectivity index (χ2n) is 8.53. The summed E-state index contributed by atoms with van der Waals surface area (Å²) in [7, 11) is 0. The van der Waals surface area contributed by atoms with E-state index in [0.29, 0.717) is 28.7 Å². The van der Waals surface area contributed by atoms with Crippen molar-refractivity contribution in [1.82, 2.24) is 15.2 Å². The Labute approximate surface area is 206 Å². The number of carboxylic acids is 2. The molecule has 0 aliphatic carbocycles. The number of nitrogens with one attached hydrogen (secondary N) is 1. The number of carbonyl (C=O) groups is 2. The summed E-state index contributed by atoms with van der Waals surface area (Å²) >= 11 is 5.68. The molecule has 2 aliphatic rings. The highest BCUT2D eigenvalue weighted by molar-refractivity contribution is 7.80. The molecule has 3 unspecified atom stereocenters. The molecule has 0 saturated carbocycles. The van der Waals surface area contributed by atoms with Gasteiger partial charge in [0, 0.05) is 24.9 Å². The number of rotatable bonds is 7. The molecule has 9 nitrogen and oxygen atoms in total. The molecular weight excluding hydrogens is 470 g/mol. The normalized spacial score (nSPS) is 21.8. The fourth-order valence-corrected chi connectivity index (χ4v) is 4.92. The van der Waals surface area contributed by atoms with Crippen molar-refractivity contribution in [3.05, 3.63) is 77.3 Å². The van der Waals surface area contributed by atoms with Crippen molar-refractivity contribution in [3.8, 4) is 11.3 Å². The van der Waals surface area contributed by atoms with Crippen LogP contribution in [0.1, 0.15) is 57.1 Å². The second kappa shape index (κ2) is 9.47. The monoisotopic (exact) mass is 493 g/mol. The van der Waals surface area contributed by atoms with E-state index in [0.717, 1.165) is 31.2 Å². The van der Waals surface area contributed by atoms with Crippen molar-refractivity contribution >= 4 is 29.3 Å². The molecule has 10 heteroatoms. The van der Waals surface area contributed by atoms with Crippen molar-refractivity contribution < 1.29 is 29.0 Å². The smallest absolute Gasteiger partial charge is 0.335 e. The van der Waals surface area contributed by atoms with Gasteiger partial charge in [-0.2, -0.15) is 0 Å². The first-order valence-corrected chi connectivity index (χ1v) is 11.6. The Bertz CT molecular complexity index is 1240. The number of thiocarbonyl (C=S) groups is 1. The van der Waals surface area contributed by atoms with Crippen molar-refractivity contribution in [2.45, 2.75) is 31.0 Å². The summed E-state index contributed by atoms with van der Waals surface area (Å²) < 4.78 is 12.1. The van der Waals surface area contributed by atoms with Crippen LogP contribution in [0.4, 0.5) is 0 Å². The molecule has 0 spiro atoms. The van der Waals surface area contributed by atoms with E-state index >= 15 is 0 Å². The largest absolute Gasteiger partial charge is 0.478 e. The molecule has 3 N–H and O–H groups in total. The molecule has 1 aromatic carbocycles. The van der Waals surface area contributed by atoms with Crippen LogP contribution in [-0.4, -0.2) is 56.4 Å². The van der Waals surface area contributed by atoms with Gasteiger partial charge in [-0.3, -0.25) is 4.98 Å². The maximum atomic E-state index is 11.5. The van der Waals surface area contributed by atoms with Gasteiger partial charge in [-0.25, -0.2) is 9.59 Å². The average Bonchev–Trinajstić information content (AvgIpc) is 3.61. The summed E-state index contributed by atoms with van der Waals surface area (Å²) in [5.74, 6) is -1.48. The molecule has 180 valence electrons. The molecule has 0 radical (unpaired) electrons. The third-order valence-corrected chi connectivity index (χ3v) is 6.60. The predicted molar refractivity (Wildman–Crippen MR) is 129 cm³/mol. The minimum atomic E-state index is -1.22. The Hall–Kier alpha value is -3.76. The van der Waals surface area contributed by atoms with Crippen LogP contribution in [0.15, 0.2) is 59.1 Å². The van der Waals surface area contributed by atoms with Crippen LogP contribution in [-0.2, 0) is 4.74 Å². The number of furan rings is 1. The molecular formula is C25H23N3O6S. The van der Waals surface area contributed by atoms with Gasteiger partial charge in [0.2, 0.25) is 0 Å². The van der Waals surface area contributed by atoms with Crippen LogP contribution in [0.2, 0.25) is 0 Å². The van der Waals surface area contributed by atoms with Crippen LogP contribution in [0.3, 0.4) is 0 Å². The quantitative estimate of drug-likeness (QED) is 0.417. The van der Waals surface area contributed by atoms with E-state index in [2.05, 4.69) is 10.3 Å². The van der Waals surface area contributed by atoms with Crippen molar-refractivity contribution in [2.24, 2.45) is 0 Å². The van der Waals surface area contributed by atoms with Gasteiger partial charge in [-0.05, 0) is 67.5 Å². The van der Waals surface area contributed by atoms with E-state index < -0.39 is 11.9 Å². The number of carboxylic acid groups (broad SMARTS) is 2. The lowest BCUT2D eigenvalue weighted by Crippen LogP contribution is -2.36. The summed E-state index contributed by atoms with van der Waals surface area (Å²) in [6.07, 6.45) is 3.73. The van der Waals surface area contributed by atoms with Crippen molar-refractivity contribution in [2.75, 3.05) is 13.2 Å². The fourth-order valence-electron chi connectivity index (χ4n) is 4.60. The van der Waals surface area contributed by atoms with Gasteiger partial charge in [0.25, 0.3) is 0 Å². The first-order chi connectivity index (χ1) is 16.9. The molecule has 2 saturated heterocycles. The number of benzene rings is 1. The highest BCUT2D eigenvalue weighted by Crippen LogP contribution is 2.41. The number of ether oxygens (including phenoxy) is 1. The highest BCUT2D eigenvalue weighted by atomic mass is 32.1. The zero-order chi connectivity index (χ0) is 24.5. The summed E-state index contributed by atoms with van der Waals surface area (Å²) in [6.45, 7) is 1.32. The van der Waals surface area contributed by atoms with Gasteiger partial charge >= 0.3 is 11.9 Å². The standard InChI is InChI=1S/C25H23N3O6S/c29-23(30)15-10-14(11-16(12-15)24(31)32)19-6-7-20(34-19)22-21(18-5-1-2-8-26-18)27-25(35)28(22)13-17-4-3-9-33-17/h1-2,5-8,10-12,17,21-22H,3-4,9,13H2,(H,27,35)(H,29,30)(H,31,32). The van der Waals surface area contributed by atoms with Gasteiger partial charge in [0.1, 0.15) is 17.6 Å². The maximum absolute atomic E-state index is 11.5. The van der Waals surface area contributed by atoms with Crippen LogP contribution >= 0.6 is 12.2 Å². The molecule has 0 bridgehead atoms. The summed E-state index contributed by atoms with van der Waals surface area (Å²) in [6, 6.07) is 12.5. The van der Waals surface area contributed by atoms with Gasteiger partial charge in [-0.15, -0.1) is 0 Å². The molecule has 2 aliphatic heterocycles. The van der Waals surface area contributed by atoms with Gasteiger partial charge in [0.15, 0.2) is 5.11 Å². The lowest BCUT2D eigenvalue weighted by molar-refractivity contribution is 0.0696. The van der Waals surface area contributed by atoms with Crippen LogP contribution in [0, 0.1) is 0 Å². The number of hydrogen-bond donors (Lipinski definition) is 3. The number of aromatic nitrogens is 1. The van der Waals surface area contributed by atoms with E-state index in [1.807, 2.05) is 29.2 Å². The lowest BCUT2D eigenvalue weighted by atomic mass is 10.0.